The quantitative estimate of drug-likeness (QED) is 0.327. The van der Waals surface area contributed by atoms with E-state index in [0.717, 1.165) is 36.1 Å². The van der Waals surface area contributed by atoms with Crippen molar-refractivity contribution in [3.8, 4) is 0 Å². The van der Waals surface area contributed by atoms with Crippen LogP contribution in [0.3, 0.4) is 0 Å². The van der Waals surface area contributed by atoms with E-state index in [1.165, 1.54) is 5.56 Å². The average Bonchev–Trinajstić information content (AvgIpc) is 2.95. The van der Waals surface area contributed by atoms with Crippen molar-refractivity contribution >= 4 is 23.4 Å². The number of thioether (sulfide) groups is 1. The van der Waals surface area contributed by atoms with Gasteiger partial charge in [-0.15, -0.1) is 10.2 Å². The van der Waals surface area contributed by atoms with E-state index in [2.05, 4.69) is 45.8 Å². The molecule has 0 unspecified atom stereocenters. The molecular formula is C18H28N6S. The highest BCUT2D eigenvalue weighted by molar-refractivity contribution is 7.98. The summed E-state index contributed by atoms with van der Waals surface area (Å²) in [6, 6.07) is 8.08. The average molecular weight is 361 g/mol. The highest BCUT2D eigenvalue weighted by Gasteiger charge is 2.12. The first-order chi connectivity index (χ1) is 12.0. The van der Waals surface area contributed by atoms with E-state index in [1.54, 1.807) is 11.8 Å². The summed E-state index contributed by atoms with van der Waals surface area (Å²) in [6.45, 7) is 8.07. The first kappa shape index (κ1) is 19.3. The van der Waals surface area contributed by atoms with Crippen LogP contribution in [0.4, 0.5) is 5.69 Å². The molecule has 3 N–H and O–H groups in total. The summed E-state index contributed by atoms with van der Waals surface area (Å²) in [5.74, 6) is 2.03. The molecule has 0 amide bonds. The number of nitrogens with zero attached hydrogens (tertiary/aromatic N) is 4. The van der Waals surface area contributed by atoms with Crippen LogP contribution < -0.4 is 11.1 Å². The number of nitrogens with two attached hydrogens (primary N) is 1. The number of hydrogen-bond acceptors (Lipinski definition) is 4. The third-order valence-electron chi connectivity index (χ3n) is 3.69. The van der Waals surface area contributed by atoms with Gasteiger partial charge in [0.25, 0.3) is 0 Å². The van der Waals surface area contributed by atoms with Gasteiger partial charge in [0, 0.05) is 25.2 Å². The van der Waals surface area contributed by atoms with Gasteiger partial charge in [-0.05, 0) is 37.7 Å². The first-order valence-electron chi connectivity index (χ1n) is 8.59. The van der Waals surface area contributed by atoms with Crippen LogP contribution in [0.5, 0.6) is 0 Å². The Kier molecular flexibility index (Phi) is 7.31. The first-order valence-corrected chi connectivity index (χ1v) is 9.81. The van der Waals surface area contributed by atoms with E-state index >= 15 is 0 Å². The molecule has 0 aliphatic rings. The van der Waals surface area contributed by atoms with Crippen LogP contribution in [0.15, 0.2) is 34.4 Å². The predicted molar refractivity (Wildman–Crippen MR) is 106 cm³/mol. The largest absolute Gasteiger partial charge is 0.370 e. The number of benzene rings is 1. The van der Waals surface area contributed by atoms with Crippen LogP contribution >= 0.6 is 11.8 Å². The van der Waals surface area contributed by atoms with Gasteiger partial charge >= 0.3 is 0 Å². The molecule has 1 heterocycles. The minimum atomic E-state index is 0.442. The fourth-order valence-corrected chi connectivity index (χ4v) is 2.99. The Morgan fingerprint density at radius 3 is 2.64 bits per heavy atom. The van der Waals surface area contributed by atoms with Crippen molar-refractivity contribution in [3.63, 3.8) is 0 Å². The Balaban J connectivity index is 1.85. The third-order valence-corrected chi connectivity index (χ3v) is 4.36. The zero-order valence-electron chi connectivity index (χ0n) is 15.5. The van der Waals surface area contributed by atoms with Gasteiger partial charge in [-0.2, -0.15) is 0 Å². The number of nitrogens with one attached hydrogen (secondary N) is 1. The van der Waals surface area contributed by atoms with Gasteiger partial charge in [0.1, 0.15) is 5.82 Å². The van der Waals surface area contributed by atoms with Crippen LogP contribution in [-0.4, -0.2) is 33.5 Å². The molecular weight excluding hydrogens is 332 g/mol. The molecule has 0 saturated heterocycles. The predicted octanol–water partition coefficient (Wildman–Crippen LogP) is 3.32. The SMILES string of the molecule is CSc1nnc(CCCN=C(N)Nc2ccc(C)cc2)n1CC(C)C. The molecule has 136 valence electrons. The van der Waals surface area contributed by atoms with E-state index < -0.39 is 0 Å². The van der Waals surface area contributed by atoms with Crippen molar-refractivity contribution in [2.45, 2.75) is 45.3 Å². The zero-order valence-corrected chi connectivity index (χ0v) is 16.3. The van der Waals surface area contributed by atoms with Gasteiger partial charge in [0.2, 0.25) is 0 Å². The summed E-state index contributed by atoms with van der Waals surface area (Å²) in [7, 11) is 0. The van der Waals surface area contributed by atoms with Gasteiger partial charge in [-0.25, -0.2) is 0 Å². The Morgan fingerprint density at radius 1 is 1.28 bits per heavy atom. The molecule has 0 aliphatic heterocycles. The molecule has 0 atom stereocenters. The molecule has 1 aromatic heterocycles. The summed E-state index contributed by atoms with van der Waals surface area (Å²) in [4.78, 5) is 4.40. The fraction of sp³-hybridized carbons (Fsp3) is 0.500. The molecule has 6 nitrogen and oxygen atoms in total. The van der Waals surface area contributed by atoms with Crippen molar-refractivity contribution in [2.24, 2.45) is 16.6 Å². The minimum absolute atomic E-state index is 0.442. The molecule has 0 bridgehead atoms. The van der Waals surface area contributed by atoms with Crippen molar-refractivity contribution in [1.29, 1.82) is 0 Å². The van der Waals surface area contributed by atoms with Crippen LogP contribution in [0, 0.1) is 12.8 Å². The number of aromatic nitrogens is 3. The van der Waals surface area contributed by atoms with Gasteiger partial charge in [-0.3, -0.25) is 4.99 Å². The Bertz CT molecular complexity index is 690. The van der Waals surface area contributed by atoms with E-state index in [-0.39, 0.29) is 0 Å². The number of guanidine groups is 1. The van der Waals surface area contributed by atoms with Crippen molar-refractivity contribution in [3.05, 3.63) is 35.7 Å². The second-order valence-electron chi connectivity index (χ2n) is 6.47. The van der Waals surface area contributed by atoms with Gasteiger partial charge in [0.15, 0.2) is 11.1 Å². The van der Waals surface area contributed by atoms with Crippen molar-refractivity contribution in [1.82, 2.24) is 14.8 Å². The number of aryl methyl sites for hydroxylation is 2. The molecule has 2 rings (SSSR count). The Labute approximate surface area is 154 Å². The highest BCUT2D eigenvalue weighted by Crippen LogP contribution is 2.16. The number of anilines is 1. The van der Waals surface area contributed by atoms with Crippen molar-refractivity contribution < 1.29 is 0 Å². The van der Waals surface area contributed by atoms with E-state index in [1.807, 2.05) is 30.5 Å². The lowest BCUT2D eigenvalue weighted by molar-refractivity contribution is 0.477. The fourth-order valence-electron chi connectivity index (χ4n) is 2.46. The molecule has 25 heavy (non-hydrogen) atoms. The van der Waals surface area contributed by atoms with Crippen LogP contribution in [0.1, 0.15) is 31.7 Å². The topological polar surface area (TPSA) is 81.1 Å². The van der Waals surface area contributed by atoms with Crippen LogP contribution in [0.25, 0.3) is 0 Å². The van der Waals surface area contributed by atoms with Crippen LogP contribution in [-0.2, 0) is 13.0 Å². The molecule has 0 spiro atoms. The van der Waals surface area contributed by atoms with Gasteiger partial charge in [-0.1, -0.05) is 43.3 Å². The maximum atomic E-state index is 5.95. The molecule has 0 radical (unpaired) electrons. The zero-order chi connectivity index (χ0) is 18.2. The maximum Gasteiger partial charge on any atom is 0.193 e. The second kappa shape index (κ2) is 9.46. The summed E-state index contributed by atoms with van der Waals surface area (Å²) < 4.78 is 2.22. The summed E-state index contributed by atoms with van der Waals surface area (Å²) in [5.41, 5.74) is 8.12. The summed E-state index contributed by atoms with van der Waals surface area (Å²) in [5, 5.41) is 12.7. The molecule has 7 heteroatoms. The molecule has 0 fully saturated rings. The summed E-state index contributed by atoms with van der Waals surface area (Å²) >= 11 is 1.64. The standard InChI is InChI=1S/C18H28N6S/c1-13(2)12-24-16(22-23-18(24)25-4)6-5-11-20-17(19)21-15-9-7-14(3)8-10-15/h7-10,13H,5-6,11-12H2,1-4H3,(H3,19,20,21). The number of aliphatic imine (C=N–C) groups is 1. The number of hydrogen-bond donors (Lipinski definition) is 2. The summed E-state index contributed by atoms with van der Waals surface area (Å²) in [6.07, 6.45) is 3.77. The molecule has 2 aromatic rings. The van der Waals surface area contributed by atoms with Crippen LogP contribution in [0.2, 0.25) is 0 Å². The Morgan fingerprint density at radius 2 is 2.00 bits per heavy atom. The van der Waals surface area contributed by atoms with E-state index in [0.29, 0.717) is 18.4 Å². The van der Waals surface area contributed by atoms with E-state index in [9.17, 15) is 0 Å². The highest BCUT2D eigenvalue weighted by atomic mass is 32.2. The van der Waals surface area contributed by atoms with Gasteiger partial charge < -0.3 is 15.6 Å². The maximum absolute atomic E-state index is 5.95. The molecule has 0 saturated carbocycles. The normalized spacial score (nSPS) is 12.0. The molecule has 0 aliphatic carbocycles. The lowest BCUT2D eigenvalue weighted by Crippen LogP contribution is -2.22. The minimum Gasteiger partial charge on any atom is -0.370 e. The monoisotopic (exact) mass is 360 g/mol. The Hall–Kier alpha value is -2.02. The van der Waals surface area contributed by atoms with Crippen molar-refractivity contribution in [2.75, 3.05) is 18.1 Å². The van der Waals surface area contributed by atoms with E-state index in [4.69, 9.17) is 5.73 Å². The van der Waals surface area contributed by atoms with Gasteiger partial charge in [0.05, 0.1) is 0 Å². The lowest BCUT2D eigenvalue weighted by atomic mass is 10.2. The number of rotatable bonds is 8. The molecule has 1 aromatic carbocycles. The third kappa shape index (κ3) is 6.08. The smallest absolute Gasteiger partial charge is 0.193 e. The lowest BCUT2D eigenvalue weighted by Gasteiger charge is -2.11. The second-order valence-corrected chi connectivity index (χ2v) is 7.24.